The lowest BCUT2D eigenvalue weighted by Crippen LogP contribution is -2.17. The molecule has 0 aliphatic rings. The summed E-state index contributed by atoms with van der Waals surface area (Å²) in [5, 5.41) is 27.7. The lowest BCUT2D eigenvalue weighted by Gasteiger charge is -2.16. The van der Waals surface area contributed by atoms with Gasteiger partial charge in [0.05, 0.1) is 25.2 Å². The number of aliphatic hydroxyl groups is 2. The molecule has 16 heavy (non-hydrogen) atoms. The molecule has 0 fully saturated rings. The zero-order chi connectivity index (χ0) is 12.0. The van der Waals surface area contributed by atoms with Crippen LogP contribution in [0.2, 0.25) is 0 Å². The smallest absolute Gasteiger partial charge is 0.119 e. The van der Waals surface area contributed by atoms with E-state index < -0.39 is 12.2 Å². The largest absolute Gasteiger partial charge is 0.494 e. The maximum Gasteiger partial charge on any atom is 0.119 e. The number of nitrogens with zero attached hydrogens (tertiary/aromatic N) is 1. The second-order valence-corrected chi connectivity index (χ2v) is 3.38. The Labute approximate surface area is 94.7 Å². The molecule has 0 aliphatic carbocycles. The Bertz CT molecular complexity index is 373. The summed E-state index contributed by atoms with van der Waals surface area (Å²) in [7, 11) is 0. The van der Waals surface area contributed by atoms with E-state index in [1.54, 1.807) is 24.3 Å². The summed E-state index contributed by atoms with van der Waals surface area (Å²) in [5.74, 6) is 0.642. The number of benzene rings is 1. The van der Waals surface area contributed by atoms with E-state index in [0.29, 0.717) is 17.9 Å². The molecule has 0 spiro atoms. The molecule has 1 rings (SSSR count). The van der Waals surface area contributed by atoms with Gasteiger partial charge in [0.25, 0.3) is 0 Å². The molecule has 0 radical (unpaired) electrons. The van der Waals surface area contributed by atoms with Gasteiger partial charge >= 0.3 is 0 Å². The van der Waals surface area contributed by atoms with E-state index in [4.69, 9.17) is 10.00 Å². The third-order valence-corrected chi connectivity index (χ3v) is 2.18. The summed E-state index contributed by atoms with van der Waals surface area (Å²) in [6.07, 6.45) is -2.22. The first kappa shape index (κ1) is 12.5. The third-order valence-electron chi connectivity index (χ3n) is 2.18. The van der Waals surface area contributed by atoms with Crippen molar-refractivity contribution in [2.75, 3.05) is 6.61 Å². The van der Waals surface area contributed by atoms with Crippen LogP contribution in [0.15, 0.2) is 24.3 Å². The van der Waals surface area contributed by atoms with E-state index in [2.05, 4.69) is 0 Å². The number of rotatable bonds is 5. The van der Waals surface area contributed by atoms with Gasteiger partial charge in [0, 0.05) is 0 Å². The Balaban J connectivity index is 2.79. The minimum atomic E-state index is -1.07. The van der Waals surface area contributed by atoms with Gasteiger partial charge in [-0.05, 0) is 24.6 Å². The summed E-state index contributed by atoms with van der Waals surface area (Å²) >= 11 is 0. The zero-order valence-corrected chi connectivity index (χ0v) is 9.13. The Hall–Kier alpha value is -1.57. The molecule has 4 nitrogen and oxygen atoms in total. The average Bonchev–Trinajstić information content (AvgIpc) is 2.29. The number of aliphatic hydroxyl groups excluding tert-OH is 2. The van der Waals surface area contributed by atoms with E-state index in [9.17, 15) is 10.2 Å². The van der Waals surface area contributed by atoms with Crippen molar-refractivity contribution in [1.82, 2.24) is 0 Å². The van der Waals surface area contributed by atoms with Crippen molar-refractivity contribution >= 4 is 0 Å². The van der Waals surface area contributed by atoms with Gasteiger partial charge in [-0.25, -0.2) is 0 Å². The summed E-state index contributed by atoms with van der Waals surface area (Å²) in [5.41, 5.74) is 0.550. The van der Waals surface area contributed by atoms with Crippen LogP contribution in [0.4, 0.5) is 0 Å². The molecule has 2 unspecified atom stereocenters. The molecule has 1 aromatic carbocycles. The van der Waals surface area contributed by atoms with Crippen molar-refractivity contribution in [2.45, 2.75) is 25.6 Å². The molecule has 0 aromatic heterocycles. The lowest BCUT2D eigenvalue weighted by molar-refractivity contribution is 0.0215. The van der Waals surface area contributed by atoms with Crippen molar-refractivity contribution < 1.29 is 14.9 Å². The zero-order valence-electron chi connectivity index (χ0n) is 9.13. The molecule has 0 aliphatic heterocycles. The number of ether oxygens (including phenoxy) is 1. The van der Waals surface area contributed by atoms with Gasteiger partial charge in [-0.15, -0.1) is 0 Å². The van der Waals surface area contributed by atoms with Crippen LogP contribution in [-0.4, -0.2) is 22.9 Å². The fraction of sp³-hybridized carbons (Fsp3) is 0.417. The van der Waals surface area contributed by atoms with E-state index in [0.717, 1.165) is 0 Å². The highest BCUT2D eigenvalue weighted by Gasteiger charge is 2.18. The van der Waals surface area contributed by atoms with E-state index >= 15 is 0 Å². The number of nitriles is 1. The first-order valence-corrected chi connectivity index (χ1v) is 5.15. The van der Waals surface area contributed by atoms with Crippen molar-refractivity contribution in [3.05, 3.63) is 29.8 Å². The van der Waals surface area contributed by atoms with Crippen LogP contribution in [0.1, 0.15) is 25.0 Å². The molecular weight excluding hydrogens is 206 g/mol. The highest BCUT2D eigenvalue weighted by atomic mass is 16.5. The minimum absolute atomic E-state index is 0.0972. The van der Waals surface area contributed by atoms with Crippen LogP contribution in [0, 0.1) is 11.3 Å². The molecular formula is C12H15NO3. The Morgan fingerprint density at radius 2 is 2.19 bits per heavy atom. The number of hydrogen-bond acceptors (Lipinski definition) is 4. The molecule has 86 valence electrons. The maximum absolute atomic E-state index is 9.76. The molecule has 2 atom stereocenters. The second-order valence-electron chi connectivity index (χ2n) is 3.38. The summed E-state index contributed by atoms with van der Waals surface area (Å²) in [4.78, 5) is 0. The monoisotopic (exact) mass is 221 g/mol. The first-order chi connectivity index (χ1) is 7.69. The van der Waals surface area contributed by atoms with Crippen LogP contribution < -0.4 is 4.74 Å². The highest BCUT2D eigenvalue weighted by molar-refractivity contribution is 5.30. The topological polar surface area (TPSA) is 73.5 Å². The Kier molecular flexibility index (Phi) is 4.77. The molecule has 0 bridgehead atoms. The lowest BCUT2D eigenvalue weighted by atomic mass is 10.0. The maximum atomic E-state index is 9.76. The SMILES string of the molecule is CCOc1cccc(C(O)C(O)CC#N)c1. The Morgan fingerprint density at radius 3 is 2.81 bits per heavy atom. The molecule has 4 heteroatoms. The minimum Gasteiger partial charge on any atom is -0.494 e. The summed E-state index contributed by atoms with van der Waals surface area (Å²) < 4.78 is 5.28. The molecule has 0 amide bonds. The average molecular weight is 221 g/mol. The quantitative estimate of drug-likeness (QED) is 0.788. The van der Waals surface area contributed by atoms with Gasteiger partial charge in [-0.1, -0.05) is 12.1 Å². The van der Waals surface area contributed by atoms with Gasteiger partial charge in [-0.2, -0.15) is 5.26 Å². The third kappa shape index (κ3) is 3.23. The van der Waals surface area contributed by atoms with Crippen LogP contribution in [0.5, 0.6) is 5.75 Å². The first-order valence-electron chi connectivity index (χ1n) is 5.15. The van der Waals surface area contributed by atoms with Crippen LogP contribution in [-0.2, 0) is 0 Å². The molecule has 0 saturated carbocycles. The number of hydrogen-bond donors (Lipinski definition) is 2. The van der Waals surface area contributed by atoms with Crippen molar-refractivity contribution in [2.24, 2.45) is 0 Å². The molecule has 0 heterocycles. The highest BCUT2D eigenvalue weighted by Crippen LogP contribution is 2.22. The van der Waals surface area contributed by atoms with Gasteiger partial charge < -0.3 is 14.9 Å². The fourth-order valence-electron chi connectivity index (χ4n) is 1.38. The van der Waals surface area contributed by atoms with Crippen molar-refractivity contribution in [3.63, 3.8) is 0 Å². The van der Waals surface area contributed by atoms with Gasteiger partial charge in [0.1, 0.15) is 11.9 Å². The standard InChI is InChI=1S/C12H15NO3/c1-2-16-10-5-3-4-9(8-10)12(15)11(14)6-7-13/h3-5,8,11-12,14-15H,2,6H2,1H3. The van der Waals surface area contributed by atoms with E-state index in [1.807, 2.05) is 13.0 Å². The summed E-state index contributed by atoms with van der Waals surface area (Å²) in [6.45, 7) is 2.41. The van der Waals surface area contributed by atoms with Gasteiger partial charge in [0.15, 0.2) is 0 Å². The van der Waals surface area contributed by atoms with Crippen LogP contribution in [0.25, 0.3) is 0 Å². The predicted octanol–water partition coefficient (Wildman–Crippen LogP) is 1.39. The van der Waals surface area contributed by atoms with Gasteiger partial charge in [0.2, 0.25) is 0 Å². The van der Waals surface area contributed by atoms with Crippen molar-refractivity contribution in [3.8, 4) is 11.8 Å². The molecule has 1 aromatic rings. The van der Waals surface area contributed by atoms with Crippen LogP contribution in [0.3, 0.4) is 0 Å². The fourth-order valence-corrected chi connectivity index (χ4v) is 1.38. The Morgan fingerprint density at radius 1 is 1.44 bits per heavy atom. The normalized spacial score (nSPS) is 13.9. The van der Waals surface area contributed by atoms with E-state index in [1.165, 1.54) is 0 Å². The second kappa shape index (κ2) is 6.11. The molecule has 2 N–H and O–H groups in total. The predicted molar refractivity (Wildman–Crippen MR) is 58.8 cm³/mol. The van der Waals surface area contributed by atoms with Gasteiger partial charge in [-0.3, -0.25) is 0 Å². The summed E-state index contributed by atoms with van der Waals surface area (Å²) in [6, 6.07) is 8.68. The van der Waals surface area contributed by atoms with Crippen molar-refractivity contribution in [1.29, 1.82) is 5.26 Å². The van der Waals surface area contributed by atoms with E-state index in [-0.39, 0.29) is 6.42 Å². The molecule has 0 saturated heterocycles. The van der Waals surface area contributed by atoms with Crippen LogP contribution >= 0.6 is 0 Å².